The van der Waals surface area contributed by atoms with E-state index in [1.54, 1.807) is 18.5 Å². The van der Waals surface area contributed by atoms with Gasteiger partial charge < -0.3 is 15.4 Å². The van der Waals surface area contributed by atoms with Crippen molar-refractivity contribution in [3.05, 3.63) is 36.7 Å². The van der Waals surface area contributed by atoms with Crippen molar-refractivity contribution in [2.75, 3.05) is 36.9 Å². The van der Waals surface area contributed by atoms with Crippen molar-refractivity contribution in [2.45, 2.75) is 0 Å². The van der Waals surface area contributed by atoms with Crippen molar-refractivity contribution in [3.63, 3.8) is 0 Å². The van der Waals surface area contributed by atoms with Crippen LogP contribution in [0.2, 0.25) is 0 Å². The predicted octanol–water partition coefficient (Wildman–Crippen LogP) is 1.56. The maximum atomic E-state index is 5.99. The molecule has 1 aromatic heterocycles. The quantitative estimate of drug-likeness (QED) is 0.826. The molecule has 0 aliphatic carbocycles. The Kier molecular flexibility index (Phi) is 3.29. The highest BCUT2D eigenvalue weighted by molar-refractivity contribution is 5.69. The number of benzene rings is 1. The molecular weight excluding hydrogens is 240 g/mol. The van der Waals surface area contributed by atoms with Gasteiger partial charge in [-0.05, 0) is 24.3 Å². The zero-order valence-electron chi connectivity index (χ0n) is 10.6. The van der Waals surface area contributed by atoms with Crippen molar-refractivity contribution in [1.82, 2.24) is 9.97 Å². The minimum atomic E-state index is 0.698. The van der Waals surface area contributed by atoms with Crippen LogP contribution < -0.4 is 10.6 Å². The van der Waals surface area contributed by atoms with E-state index >= 15 is 0 Å². The first-order valence-electron chi connectivity index (χ1n) is 6.33. The van der Waals surface area contributed by atoms with Gasteiger partial charge in [-0.1, -0.05) is 0 Å². The van der Waals surface area contributed by atoms with E-state index in [9.17, 15) is 0 Å². The summed E-state index contributed by atoms with van der Waals surface area (Å²) in [4.78, 5) is 10.8. The van der Waals surface area contributed by atoms with Gasteiger partial charge in [0.15, 0.2) is 5.82 Å². The summed E-state index contributed by atoms with van der Waals surface area (Å²) in [6, 6.07) is 7.77. The van der Waals surface area contributed by atoms with Crippen LogP contribution in [-0.4, -0.2) is 36.3 Å². The van der Waals surface area contributed by atoms with Crippen LogP contribution in [0.4, 0.5) is 11.4 Å². The molecule has 1 aromatic carbocycles. The maximum Gasteiger partial charge on any atom is 0.159 e. The van der Waals surface area contributed by atoms with Crippen LogP contribution in [0.5, 0.6) is 0 Å². The van der Waals surface area contributed by atoms with Gasteiger partial charge in [-0.2, -0.15) is 0 Å². The maximum absolute atomic E-state index is 5.99. The van der Waals surface area contributed by atoms with E-state index in [0.717, 1.165) is 43.2 Å². The van der Waals surface area contributed by atoms with Gasteiger partial charge >= 0.3 is 0 Å². The highest BCUT2D eigenvalue weighted by Gasteiger charge is 2.13. The van der Waals surface area contributed by atoms with Crippen LogP contribution >= 0.6 is 0 Å². The van der Waals surface area contributed by atoms with Crippen molar-refractivity contribution >= 4 is 11.4 Å². The van der Waals surface area contributed by atoms with Crippen LogP contribution in [0.15, 0.2) is 36.7 Å². The number of nitrogens with two attached hydrogens (primary N) is 1. The van der Waals surface area contributed by atoms with Crippen LogP contribution in [0, 0.1) is 0 Å². The molecule has 2 N–H and O–H groups in total. The topological polar surface area (TPSA) is 64.3 Å². The molecular formula is C14H16N4O. The zero-order chi connectivity index (χ0) is 13.1. The van der Waals surface area contributed by atoms with Crippen LogP contribution in [0.1, 0.15) is 0 Å². The lowest BCUT2D eigenvalue weighted by Gasteiger charge is -2.29. The van der Waals surface area contributed by atoms with Gasteiger partial charge in [-0.15, -0.1) is 0 Å². The Labute approximate surface area is 112 Å². The summed E-state index contributed by atoms with van der Waals surface area (Å²) in [6.07, 6.45) is 3.47. The van der Waals surface area contributed by atoms with Crippen molar-refractivity contribution in [1.29, 1.82) is 0 Å². The Hall–Kier alpha value is -2.14. The molecule has 1 aliphatic rings. The second kappa shape index (κ2) is 5.24. The Balaban J connectivity index is 1.96. The van der Waals surface area contributed by atoms with Gasteiger partial charge in [0.1, 0.15) is 0 Å². The molecule has 1 saturated heterocycles. The number of anilines is 2. The number of rotatable bonds is 2. The lowest BCUT2D eigenvalue weighted by molar-refractivity contribution is 0.122. The summed E-state index contributed by atoms with van der Waals surface area (Å²) in [6.45, 7) is 3.29. The first kappa shape index (κ1) is 11.9. The molecule has 98 valence electrons. The molecule has 2 aromatic rings. The normalized spacial score (nSPS) is 15.5. The monoisotopic (exact) mass is 256 g/mol. The second-order valence-electron chi connectivity index (χ2n) is 4.49. The van der Waals surface area contributed by atoms with E-state index in [1.807, 2.05) is 12.1 Å². The van der Waals surface area contributed by atoms with E-state index in [0.29, 0.717) is 5.82 Å². The van der Waals surface area contributed by atoms with Gasteiger partial charge in [0, 0.05) is 42.4 Å². The highest BCUT2D eigenvalue weighted by Crippen LogP contribution is 2.26. The summed E-state index contributed by atoms with van der Waals surface area (Å²) in [5, 5.41) is 0. The van der Waals surface area contributed by atoms with Crippen molar-refractivity contribution in [2.24, 2.45) is 0 Å². The van der Waals surface area contributed by atoms with Gasteiger partial charge in [-0.25, -0.2) is 9.97 Å². The third-order valence-electron chi connectivity index (χ3n) is 3.14. The molecule has 0 bridgehead atoms. The van der Waals surface area contributed by atoms with Crippen LogP contribution in [0.25, 0.3) is 11.4 Å². The van der Waals surface area contributed by atoms with Gasteiger partial charge in [0.05, 0.1) is 13.2 Å². The number of nitrogens with zero attached hydrogens (tertiary/aromatic N) is 3. The summed E-state index contributed by atoms with van der Waals surface area (Å²) in [5.74, 6) is 0.698. The number of hydrogen-bond donors (Lipinski definition) is 1. The Bertz CT molecular complexity index is 553. The first-order chi connectivity index (χ1) is 9.33. The molecule has 0 amide bonds. The average molecular weight is 256 g/mol. The molecule has 5 heteroatoms. The number of nitrogen functional groups attached to an aromatic ring is 1. The molecule has 2 heterocycles. The average Bonchev–Trinajstić information content (AvgIpc) is 2.48. The van der Waals surface area contributed by atoms with E-state index in [-0.39, 0.29) is 0 Å². The number of hydrogen-bond acceptors (Lipinski definition) is 5. The summed E-state index contributed by atoms with van der Waals surface area (Å²) < 4.78 is 5.37. The van der Waals surface area contributed by atoms with Crippen molar-refractivity contribution in [3.8, 4) is 11.4 Å². The summed E-state index contributed by atoms with van der Waals surface area (Å²) in [5.41, 5.74) is 8.77. The SMILES string of the molecule is Nc1cc(-c2ncccn2)cc(N2CCOCC2)c1. The summed E-state index contributed by atoms with van der Waals surface area (Å²) in [7, 11) is 0. The smallest absolute Gasteiger partial charge is 0.159 e. The van der Waals surface area contributed by atoms with Gasteiger partial charge in [0.25, 0.3) is 0 Å². The Morgan fingerprint density at radius 1 is 1.05 bits per heavy atom. The fourth-order valence-electron chi connectivity index (χ4n) is 2.22. The molecule has 1 fully saturated rings. The third-order valence-corrected chi connectivity index (χ3v) is 3.14. The highest BCUT2D eigenvalue weighted by atomic mass is 16.5. The lowest BCUT2D eigenvalue weighted by Crippen LogP contribution is -2.36. The Morgan fingerprint density at radius 3 is 2.53 bits per heavy atom. The number of morpholine rings is 1. The molecule has 5 nitrogen and oxygen atoms in total. The minimum Gasteiger partial charge on any atom is -0.399 e. The van der Waals surface area contributed by atoms with Crippen LogP contribution in [-0.2, 0) is 4.74 Å². The number of ether oxygens (including phenoxy) is 1. The van der Waals surface area contributed by atoms with E-state index in [4.69, 9.17) is 10.5 Å². The molecule has 0 atom stereocenters. The lowest BCUT2D eigenvalue weighted by atomic mass is 10.1. The Morgan fingerprint density at radius 2 is 1.79 bits per heavy atom. The van der Waals surface area contributed by atoms with Crippen molar-refractivity contribution < 1.29 is 4.74 Å². The first-order valence-corrected chi connectivity index (χ1v) is 6.33. The largest absolute Gasteiger partial charge is 0.399 e. The molecule has 1 aliphatic heterocycles. The summed E-state index contributed by atoms with van der Waals surface area (Å²) >= 11 is 0. The third kappa shape index (κ3) is 2.66. The molecule has 19 heavy (non-hydrogen) atoms. The van der Waals surface area contributed by atoms with E-state index < -0.39 is 0 Å². The molecule has 0 spiro atoms. The molecule has 0 unspecified atom stereocenters. The molecule has 3 rings (SSSR count). The fraction of sp³-hybridized carbons (Fsp3) is 0.286. The minimum absolute atomic E-state index is 0.698. The van der Waals surface area contributed by atoms with E-state index in [2.05, 4.69) is 20.9 Å². The number of aromatic nitrogens is 2. The standard InChI is InChI=1S/C14H16N4O/c15-12-8-11(14-16-2-1-3-17-14)9-13(10-12)18-4-6-19-7-5-18/h1-3,8-10H,4-7,15H2. The second-order valence-corrected chi connectivity index (χ2v) is 4.49. The molecule has 0 radical (unpaired) electrons. The molecule has 0 saturated carbocycles. The fourth-order valence-corrected chi connectivity index (χ4v) is 2.22. The van der Waals surface area contributed by atoms with Crippen LogP contribution in [0.3, 0.4) is 0 Å². The zero-order valence-corrected chi connectivity index (χ0v) is 10.6. The van der Waals surface area contributed by atoms with Gasteiger partial charge in [0.2, 0.25) is 0 Å². The van der Waals surface area contributed by atoms with Gasteiger partial charge in [-0.3, -0.25) is 0 Å². The van der Waals surface area contributed by atoms with E-state index in [1.165, 1.54) is 0 Å². The predicted molar refractivity (Wildman–Crippen MR) is 74.9 cm³/mol.